The summed E-state index contributed by atoms with van der Waals surface area (Å²) in [5.74, 6) is 0.915. The van der Waals surface area contributed by atoms with E-state index >= 15 is 0 Å². The molecule has 0 spiro atoms. The third-order valence-electron chi connectivity index (χ3n) is 7.84. The first kappa shape index (κ1) is 26.9. The highest BCUT2D eigenvalue weighted by molar-refractivity contribution is 5.45. The molecule has 2 aromatic carbocycles. The van der Waals surface area contributed by atoms with Crippen molar-refractivity contribution in [1.29, 1.82) is 0 Å². The van der Waals surface area contributed by atoms with Gasteiger partial charge in [0.1, 0.15) is 12.4 Å². The molecule has 2 heterocycles. The number of nitrogens with one attached hydrogen (secondary N) is 1. The van der Waals surface area contributed by atoms with Crippen molar-refractivity contribution in [2.24, 2.45) is 0 Å². The molecule has 8 heteroatoms. The molecule has 0 saturated carbocycles. The predicted molar refractivity (Wildman–Crippen MR) is 135 cm³/mol. The number of halogens is 3. The molecular formula is C28H38F3N3O2. The van der Waals surface area contributed by atoms with Crippen molar-refractivity contribution in [3.8, 4) is 5.75 Å². The summed E-state index contributed by atoms with van der Waals surface area (Å²) in [5, 5.41) is 12.1. The van der Waals surface area contributed by atoms with Crippen LogP contribution >= 0.6 is 0 Å². The van der Waals surface area contributed by atoms with Crippen LogP contribution in [0, 0.1) is 13.8 Å². The van der Waals surface area contributed by atoms with E-state index in [1.165, 1.54) is 28.8 Å². The van der Waals surface area contributed by atoms with Crippen molar-refractivity contribution in [2.75, 3.05) is 39.4 Å². The second kappa shape index (κ2) is 11.5. The van der Waals surface area contributed by atoms with E-state index in [1.807, 2.05) is 0 Å². The van der Waals surface area contributed by atoms with E-state index in [1.54, 1.807) is 12.1 Å². The Bertz CT molecular complexity index is 1010. The quantitative estimate of drug-likeness (QED) is 0.434. The minimum absolute atomic E-state index is 0.196. The van der Waals surface area contributed by atoms with Gasteiger partial charge in [-0.1, -0.05) is 18.2 Å². The molecule has 2 unspecified atom stereocenters. The summed E-state index contributed by atoms with van der Waals surface area (Å²) in [6, 6.07) is 11.0. The molecule has 2 N–H and O–H groups in total. The molecule has 2 aliphatic heterocycles. The van der Waals surface area contributed by atoms with Gasteiger partial charge in [-0.15, -0.1) is 0 Å². The molecule has 198 valence electrons. The number of hydrogen-bond donors (Lipinski definition) is 2. The van der Waals surface area contributed by atoms with Gasteiger partial charge < -0.3 is 15.2 Å². The molecule has 2 fully saturated rings. The van der Waals surface area contributed by atoms with E-state index in [2.05, 4.69) is 48.0 Å². The smallest absolute Gasteiger partial charge is 0.416 e. The normalized spacial score (nSPS) is 21.3. The van der Waals surface area contributed by atoms with Crippen LogP contribution in [-0.2, 0) is 12.7 Å². The lowest BCUT2D eigenvalue weighted by molar-refractivity contribution is -0.137. The fourth-order valence-corrected chi connectivity index (χ4v) is 5.65. The first-order chi connectivity index (χ1) is 17.2. The van der Waals surface area contributed by atoms with Crippen LogP contribution in [0.25, 0.3) is 0 Å². The summed E-state index contributed by atoms with van der Waals surface area (Å²) in [4.78, 5) is 5.00. The molecule has 2 saturated heterocycles. The molecule has 5 nitrogen and oxygen atoms in total. The molecule has 4 rings (SSSR count). The number of likely N-dealkylation sites (tertiary alicyclic amines) is 2. The third-order valence-corrected chi connectivity index (χ3v) is 7.84. The van der Waals surface area contributed by atoms with E-state index < -0.39 is 11.7 Å². The summed E-state index contributed by atoms with van der Waals surface area (Å²) < 4.78 is 44.6. The number of nitrogens with zero attached hydrogens (tertiary/aromatic N) is 2. The van der Waals surface area contributed by atoms with E-state index in [9.17, 15) is 13.2 Å². The Morgan fingerprint density at radius 2 is 1.78 bits per heavy atom. The Labute approximate surface area is 212 Å². The molecule has 0 aromatic heterocycles. The van der Waals surface area contributed by atoms with Gasteiger partial charge in [-0.25, -0.2) is 0 Å². The number of aliphatic hydroxyl groups excluding tert-OH is 1. The molecule has 0 aliphatic carbocycles. The van der Waals surface area contributed by atoms with Gasteiger partial charge >= 0.3 is 6.18 Å². The molecule has 3 atom stereocenters. The molecule has 0 radical (unpaired) electrons. The van der Waals surface area contributed by atoms with Crippen LogP contribution in [0.15, 0.2) is 36.4 Å². The summed E-state index contributed by atoms with van der Waals surface area (Å²) >= 11 is 0. The van der Waals surface area contributed by atoms with Gasteiger partial charge in [0.2, 0.25) is 0 Å². The van der Waals surface area contributed by atoms with Crippen molar-refractivity contribution in [3.63, 3.8) is 0 Å². The van der Waals surface area contributed by atoms with Crippen molar-refractivity contribution >= 4 is 0 Å². The van der Waals surface area contributed by atoms with Crippen molar-refractivity contribution in [1.82, 2.24) is 15.1 Å². The van der Waals surface area contributed by atoms with E-state index in [4.69, 9.17) is 9.84 Å². The number of fused-ring (bicyclic) bond motifs is 2. The Hall–Kier alpha value is -2.13. The maximum absolute atomic E-state index is 12.9. The zero-order chi connectivity index (χ0) is 25.9. The molecular weight excluding hydrogens is 467 g/mol. The number of hydrogen-bond acceptors (Lipinski definition) is 5. The number of aliphatic hydroxyl groups is 1. The fraction of sp³-hybridized carbons (Fsp3) is 0.571. The van der Waals surface area contributed by atoms with Crippen LogP contribution in [0.3, 0.4) is 0 Å². The van der Waals surface area contributed by atoms with Crippen LogP contribution in [-0.4, -0.2) is 66.4 Å². The zero-order valence-corrected chi connectivity index (χ0v) is 21.4. The lowest BCUT2D eigenvalue weighted by atomic mass is 9.96. The number of rotatable bonds is 11. The Balaban J connectivity index is 1.32. The molecule has 2 bridgehead atoms. The van der Waals surface area contributed by atoms with E-state index in [-0.39, 0.29) is 6.61 Å². The molecule has 36 heavy (non-hydrogen) atoms. The van der Waals surface area contributed by atoms with Gasteiger partial charge in [-0.3, -0.25) is 9.80 Å². The summed E-state index contributed by atoms with van der Waals surface area (Å²) in [6.45, 7) is 11.5. The standard InChI is InChI=1S/C28H38F3N3O2/c1-19-20(2)27(36-14-12-32-11-4-13-35)10-9-26(19)21(3)34-18-24-15-25(34)17-33(24)16-22-5-7-23(8-6-22)28(29,30)31/h5-10,21,24-25,32,35H,4,11-18H2,1-3H3/t21-,24?,25?/m0/s1. The highest BCUT2D eigenvalue weighted by Gasteiger charge is 2.45. The van der Waals surface area contributed by atoms with Gasteiger partial charge in [0.15, 0.2) is 0 Å². The van der Waals surface area contributed by atoms with Crippen molar-refractivity contribution < 1.29 is 23.0 Å². The van der Waals surface area contributed by atoms with Crippen molar-refractivity contribution in [2.45, 2.75) is 64.5 Å². The van der Waals surface area contributed by atoms with Gasteiger partial charge in [-0.05, 0) is 80.6 Å². The first-order valence-corrected chi connectivity index (χ1v) is 12.9. The van der Waals surface area contributed by atoms with Gasteiger partial charge in [0, 0.05) is 50.9 Å². The highest BCUT2D eigenvalue weighted by Crippen LogP contribution is 2.39. The first-order valence-electron chi connectivity index (χ1n) is 12.9. The largest absolute Gasteiger partial charge is 0.492 e. The summed E-state index contributed by atoms with van der Waals surface area (Å²) in [7, 11) is 0. The van der Waals surface area contributed by atoms with Crippen LogP contribution in [0.5, 0.6) is 5.75 Å². The Morgan fingerprint density at radius 3 is 2.42 bits per heavy atom. The number of ether oxygens (including phenoxy) is 1. The minimum atomic E-state index is -4.29. The van der Waals surface area contributed by atoms with Gasteiger partial charge in [0.05, 0.1) is 5.56 Å². The van der Waals surface area contributed by atoms with E-state index in [0.29, 0.717) is 31.3 Å². The van der Waals surface area contributed by atoms with Gasteiger partial charge in [-0.2, -0.15) is 13.2 Å². The van der Waals surface area contributed by atoms with Crippen LogP contribution < -0.4 is 10.1 Å². The van der Waals surface area contributed by atoms with Crippen LogP contribution in [0.2, 0.25) is 0 Å². The Morgan fingerprint density at radius 1 is 1.03 bits per heavy atom. The number of piperazine rings is 1. The topological polar surface area (TPSA) is 48.0 Å². The highest BCUT2D eigenvalue weighted by atomic mass is 19.4. The average Bonchev–Trinajstić information content (AvgIpc) is 3.44. The number of alkyl halides is 3. The predicted octanol–water partition coefficient (Wildman–Crippen LogP) is 4.69. The Kier molecular flexibility index (Phi) is 8.60. The average molecular weight is 506 g/mol. The second-order valence-corrected chi connectivity index (χ2v) is 10.1. The summed E-state index contributed by atoms with van der Waals surface area (Å²) in [6.07, 6.45) is -2.44. The molecule has 2 aromatic rings. The maximum atomic E-state index is 12.9. The van der Waals surface area contributed by atoms with Crippen LogP contribution in [0.4, 0.5) is 13.2 Å². The lowest BCUT2D eigenvalue weighted by Gasteiger charge is -2.38. The monoisotopic (exact) mass is 505 g/mol. The lowest BCUT2D eigenvalue weighted by Crippen LogP contribution is -2.46. The SMILES string of the molecule is Cc1c(OCCNCCCO)ccc([C@H](C)N2CC3CC2CN3Cc2ccc(C(F)(F)F)cc2)c1C. The minimum Gasteiger partial charge on any atom is -0.492 e. The van der Waals surface area contributed by atoms with Gasteiger partial charge in [0.25, 0.3) is 0 Å². The van der Waals surface area contributed by atoms with Crippen LogP contribution in [0.1, 0.15) is 53.6 Å². The zero-order valence-electron chi connectivity index (χ0n) is 21.4. The maximum Gasteiger partial charge on any atom is 0.416 e. The molecule has 2 aliphatic rings. The van der Waals surface area contributed by atoms with Crippen molar-refractivity contribution in [3.05, 3.63) is 64.2 Å². The summed E-state index contributed by atoms with van der Waals surface area (Å²) in [5.41, 5.74) is 4.09. The van der Waals surface area contributed by atoms with E-state index in [0.717, 1.165) is 50.3 Å². The molecule has 0 amide bonds. The second-order valence-electron chi connectivity index (χ2n) is 10.1. The fourth-order valence-electron chi connectivity index (χ4n) is 5.65. The third kappa shape index (κ3) is 6.05. The number of benzene rings is 2.